The van der Waals surface area contributed by atoms with Crippen LogP contribution in [0.1, 0.15) is 5.56 Å². The van der Waals surface area contributed by atoms with Crippen LogP contribution in [0, 0.1) is 0 Å². The topological polar surface area (TPSA) is 43.4 Å². The van der Waals surface area contributed by atoms with E-state index in [1.807, 2.05) is 36.4 Å². The second-order valence-electron chi connectivity index (χ2n) is 4.12. The number of carbonyl (C=O) groups excluding carboxylic acids is 2. The Balaban J connectivity index is 2.02. The van der Waals surface area contributed by atoms with Gasteiger partial charge in [0, 0.05) is 6.42 Å². The molecular formula is C16H14O3. The van der Waals surface area contributed by atoms with E-state index in [9.17, 15) is 9.59 Å². The van der Waals surface area contributed by atoms with E-state index >= 15 is 0 Å². The maximum atomic E-state index is 12.0. The maximum absolute atomic E-state index is 12.0. The summed E-state index contributed by atoms with van der Waals surface area (Å²) >= 11 is 0. The molecule has 0 radical (unpaired) electrons. The second kappa shape index (κ2) is 6.50. The van der Waals surface area contributed by atoms with Crippen molar-refractivity contribution >= 4 is 12.1 Å². The van der Waals surface area contributed by atoms with Crippen molar-refractivity contribution in [3.8, 4) is 5.75 Å². The van der Waals surface area contributed by atoms with E-state index in [2.05, 4.69) is 0 Å². The number of benzene rings is 2. The van der Waals surface area contributed by atoms with Crippen LogP contribution in [0.5, 0.6) is 5.75 Å². The first-order valence-electron chi connectivity index (χ1n) is 6.03. The summed E-state index contributed by atoms with van der Waals surface area (Å²) in [6.07, 6.45) is -0.322. The number of Topliss-reactive ketones (excluding diaryl/α,β-unsaturated/α-hetero) is 1. The number of ether oxygens (including phenoxy) is 1. The zero-order valence-electron chi connectivity index (χ0n) is 10.4. The SMILES string of the molecule is O=CC(Oc1ccccc1)C(=O)Cc1ccccc1. The van der Waals surface area contributed by atoms with Crippen LogP contribution in [-0.4, -0.2) is 18.2 Å². The zero-order chi connectivity index (χ0) is 13.5. The van der Waals surface area contributed by atoms with Crippen molar-refractivity contribution in [2.24, 2.45) is 0 Å². The average molecular weight is 254 g/mol. The van der Waals surface area contributed by atoms with Gasteiger partial charge in [0.2, 0.25) is 6.10 Å². The number of aldehydes is 1. The first kappa shape index (κ1) is 13.0. The van der Waals surface area contributed by atoms with Crippen molar-refractivity contribution in [2.75, 3.05) is 0 Å². The minimum absolute atomic E-state index is 0.192. The molecule has 1 unspecified atom stereocenters. The van der Waals surface area contributed by atoms with Gasteiger partial charge in [0.05, 0.1) is 0 Å². The van der Waals surface area contributed by atoms with Gasteiger partial charge in [-0.3, -0.25) is 9.59 Å². The number of ketones is 1. The fourth-order valence-corrected chi connectivity index (χ4v) is 1.71. The summed E-state index contributed by atoms with van der Waals surface area (Å²) in [5, 5.41) is 0. The van der Waals surface area contributed by atoms with Gasteiger partial charge in [-0.25, -0.2) is 0 Å². The normalized spacial score (nSPS) is 11.6. The molecule has 0 heterocycles. The van der Waals surface area contributed by atoms with Crippen molar-refractivity contribution < 1.29 is 14.3 Å². The second-order valence-corrected chi connectivity index (χ2v) is 4.12. The Morgan fingerprint density at radius 1 is 1.00 bits per heavy atom. The zero-order valence-corrected chi connectivity index (χ0v) is 10.4. The highest BCUT2D eigenvalue weighted by atomic mass is 16.5. The van der Waals surface area contributed by atoms with Gasteiger partial charge in [-0.15, -0.1) is 0 Å². The van der Waals surface area contributed by atoms with E-state index in [0.29, 0.717) is 12.0 Å². The third kappa shape index (κ3) is 3.78. The summed E-state index contributed by atoms with van der Waals surface area (Å²) in [6.45, 7) is 0. The van der Waals surface area contributed by atoms with Gasteiger partial charge in [0.1, 0.15) is 5.75 Å². The van der Waals surface area contributed by atoms with Crippen LogP contribution in [0.25, 0.3) is 0 Å². The highest BCUT2D eigenvalue weighted by molar-refractivity contribution is 5.97. The number of hydrogen-bond donors (Lipinski definition) is 0. The van der Waals surface area contributed by atoms with Crippen LogP contribution in [-0.2, 0) is 16.0 Å². The first-order chi connectivity index (χ1) is 9.29. The van der Waals surface area contributed by atoms with E-state index in [-0.39, 0.29) is 12.2 Å². The third-order valence-electron chi connectivity index (χ3n) is 2.67. The van der Waals surface area contributed by atoms with Crippen LogP contribution < -0.4 is 4.74 Å². The van der Waals surface area contributed by atoms with Crippen LogP contribution >= 0.6 is 0 Å². The molecule has 0 aliphatic heterocycles. The smallest absolute Gasteiger partial charge is 0.212 e. The summed E-state index contributed by atoms with van der Waals surface area (Å²) < 4.78 is 5.38. The summed E-state index contributed by atoms with van der Waals surface area (Å²) in [4.78, 5) is 23.0. The molecule has 96 valence electrons. The highest BCUT2D eigenvalue weighted by Gasteiger charge is 2.19. The predicted octanol–water partition coefficient (Wildman–Crippen LogP) is 2.44. The van der Waals surface area contributed by atoms with E-state index < -0.39 is 6.10 Å². The van der Waals surface area contributed by atoms with E-state index in [1.54, 1.807) is 24.3 Å². The Labute approximate surface area is 111 Å². The van der Waals surface area contributed by atoms with Crippen LogP contribution in [0.3, 0.4) is 0 Å². The molecule has 0 bridgehead atoms. The quantitative estimate of drug-likeness (QED) is 0.587. The molecule has 2 aromatic carbocycles. The predicted molar refractivity (Wildman–Crippen MR) is 72.1 cm³/mol. The number of carbonyl (C=O) groups is 2. The number of para-hydroxylation sites is 1. The lowest BCUT2D eigenvalue weighted by molar-refractivity contribution is -0.130. The lowest BCUT2D eigenvalue weighted by atomic mass is 10.1. The average Bonchev–Trinajstić information content (AvgIpc) is 2.47. The van der Waals surface area contributed by atoms with Crippen LogP contribution in [0.4, 0.5) is 0 Å². The van der Waals surface area contributed by atoms with Crippen LogP contribution in [0.2, 0.25) is 0 Å². The lowest BCUT2D eigenvalue weighted by Crippen LogP contribution is -2.30. The van der Waals surface area contributed by atoms with Crippen LogP contribution in [0.15, 0.2) is 60.7 Å². The molecule has 0 spiro atoms. The largest absolute Gasteiger partial charge is 0.475 e. The number of hydrogen-bond acceptors (Lipinski definition) is 3. The van der Waals surface area contributed by atoms with Crippen molar-refractivity contribution in [1.29, 1.82) is 0 Å². The summed E-state index contributed by atoms with van der Waals surface area (Å²) in [5.41, 5.74) is 0.871. The monoisotopic (exact) mass is 254 g/mol. The van der Waals surface area contributed by atoms with Crippen molar-refractivity contribution in [3.63, 3.8) is 0 Å². The lowest BCUT2D eigenvalue weighted by Gasteiger charge is -2.12. The summed E-state index contributed by atoms with van der Waals surface area (Å²) in [7, 11) is 0. The Morgan fingerprint density at radius 3 is 2.16 bits per heavy atom. The Hall–Kier alpha value is -2.42. The summed E-state index contributed by atoms with van der Waals surface area (Å²) in [5.74, 6) is 0.270. The molecule has 2 rings (SSSR count). The van der Waals surface area contributed by atoms with Gasteiger partial charge in [-0.05, 0) is 17.7 Å². The van der Waals surface area contributed by atoms with Crippen molar-refractivity contribution in [3.05, 3.63) is 66.2 Å². The molecule has 0 saturated carbocycles. The minimum atomic E-state index is -1.05. The molecule has 2 aromatic rings. The Bertz CT molecular complexity index is 534. The standard InChI is InChI=1S/C16H14O3/c17-12-16(19-14-9-5-2-6-10-14)15(18)11-13-7-3-1-4-8-13/h1-10,12,16H,11H2. The maximum Gasteiger partial charge on any atom is 0.212 e. The van der Waals surface area contributed by atoms with Crippen molar-refractivity contribution in [2.45, 2.75) is 12.5 Å². The van der Waals surface area contributed by atoms with Crippen molar-refractivity contribution in [1.82, 2.24) is 0 Å². The molecule has 0 aliphatic carbocycles. The van der Waals surface area contributed by atoms with Gasteiger partial charge < -0.3 is 4.74 Å². The van der Waals surface area contributed by atoms with Gasteiger partial charge in [0.15, 0.2) is 12.1 Å². The van der Waals surface area contributed by atoms with E-state index in [0.717, 1.165) is 5.56 Å². The van der Waals surface area contributed by atoms with Gasteiger partial charge in [-0.1, -0.05) is 48.5 Å². The first-order valence-corrected chi connectivity index (χ1v) is 6.03. The summed E-state index contributed by atoms with van der Waals surface area (Å²) in [6, 6.07) is 18.1. The third-order valence-corrected chi connectivity index (χ3v) is 2.67. The number of rotatable bonds is 6. The molecule has 0 fully saturated rings. The van der Waals surface area contributed by atoms with E-state index in [4.69, 9.17) is 4.74 Å². The molecule has 0 amide bonds. The minimum Gasteiger partial charge on any atom is -0.475 e. The molecule has 19 heavy (non-hydrogen) atoms. The molecule has 0 aliphatic rings. The fraction of sp³-hybridized carbons (Fsp3) is 0.125. The molecule has 0 saturated heterocycles. The molecule has 1 atom stereocenters. The molecule has 0 N–H and O–H groups in total. The van der Waals surface area contributed by atoms with Gasteiger partial charge in [-0.2, -0.15) is 0 Å². The van der Waals surface area contributed by atoms with E-state index in [1.165, 1.54) is 0 Å². The Morgan fingerprint density at radius 2 is 1.58 bits per heavy atom. The molecule has 0 aromatic heterocycles. The highest BCUT2D eigenvalue weighted by Crippen LogP contribution is 2.12. The molecular weight excluding hydrogens is 240 g/mol. The fourth-order valence-electron chi connectivity index (χ4n) is 1.71. The van der Waals surface area contributed by atoms with Gasteiger partial charge >= 0.3 is 0 Å². The Kier molecular flexibility index (Phi) is 4.45. The molecule has 3 nitrogen and oxygen atoms in total. The van der Waals surface area contributed by atoms with Gasteiger partial charge in [0.25, 0.3) is 0 Å². The molecule has 3 heteroatoms.